The normalized spacial score (nSPS) is 9.17. The van der Waals surface area contributed by atoms with E-state index in [-0.39, 0.29) is 10.3 Å². The van der Waals surface area contributed by atoms with Crippen molar-refractivity contribution >= 4 is 35.1 Å². The smallest absolute Gasteiger partial charge is 0.332 e. The molecule has 0 fully saturated rings. The van der Waals surface area contributed by atoms with E-state index in [1.807, 2.05) is 0 Å². The number of carbonyl (C=O) groups is 1. The van der Waals surface area contributed by atoms with Crippen molar-refractivity contribution in [3.05, 3.63) is 0 Å². The monoisotopic (exact) mass is 207 g/mol. The van der Waals surface area contributed by atoms with Crippen LogP contribution in [-0.2, 0) is 9.63 Å². The van der Waals surface area contributed by atoms with Crippen LogP contribution in [0.2, 0.25) is 0 Å². The molecule has 0 spiro atoms. The van der Waals surface area contributed by atoms with Crippen molar-refractivity contribution in [3.63, 3.8) is 0 Å². The molecule has 0 radical (unpaired) electrons. The van der Waals surface area contributed by atoms with E-state index in [0.29, 0.717) is 6.42 Å². The Morgan fingerprint density at radius 3 is 2.75 bits per heavy atom. The van der Waals surface area contributed by atoms with Crippen molar-refractivity contribution in [1.29, 1.82) is 0 Å². The SMILES string of the molecule is CCCCCC(=O)ONC(=S)S. The van der Waals surface area contributed by atoms with Crippen LogP contribution in [0.4, 0.5) is 0 Å². The van der Waals surface area contributed by atoms with Gasteiger partial charge >= 0.3 is 5.97 Å². The Labute approximate surface area is 83.2 Å². The molecule has 0 unspecified atom stereocenters. The fourth-order valence-electron chi connectivity index (χ4n) is 0.671. The molecule has 0 heterocycles. The van der Waals surface area contributed by atoms with E-state index in [2.05, 4.69) is 42.1 Å². The van der Waals surface area contributed by atoms with Crippen LogP contribution in [0, 0.1) is 0 Å². The van der Waals surface area contributed by atoms with Crippen LogP contribution in [0.5, 0.6) is 0 Å². The molecule has 0 aromatic carbocycles. The molecule has 0 atom stereocenters. The zero-order chi connectivity index (χ0) is 9.40. The highest BCUT2D eigenvalue weighted by Crippen LogP contribution is 1.99. The molecule has 0 saturated carbocycles. The minimum Gasteiger partial charge on any atom is -0.342 e. The van der Waals surface area contributed by atoms with Crippen LogP contribution in [0.1, 0.15) is 32.6 Å². The summed E-state index contributed by atoms with van der Waals surface area (Å²) in [4.78, 5) is 15.4. The molecular weight excluding hydrogens is 194 g/mol. The predicted molar refractivity (Wildman–Crippen MR) is 55.0 cm³/mol. The summed E-state index contributed by atoms with van der Waals surface area (Å²) >= 11 is 8.25. The van der Waals surface area contributed by atoms with E-state index in [9.17, 15) is 4.79 Å². The van der Waals surface area contributed by atoms with Gasteiger partial charge in [-0.1, -0.05) is 19.8 Å². The Morgan fingerprint density at radius 1 is 1.58 bits per heavy atom. The first kappa shape index (κ1) is 11.7. The van der Waals surface area contributed by atoms with Gasteiger partial charge in [0.2, 0.25) is 0 Å². The summed E-state index contributed by atoms with van der Waals surface area (Å²) in [6, 6.07) is 0. The number of thiol groups is 1. The Kier molecular flexibility index (Phi) is 7.19. The van der Waals surface area contributed by atoms with Gasteiger partial charge in [0, 0.05) is 6.42 Å². The zero-order valence-corrected chi connectivity index (χ0v) is 8.71. The fraction of sp³-hybridized carbons (Fsp3) is 0.714. The van der Waals surface area contributed by atoms with E-state index >= 15 is 0 Å². The molecule has 0 aliphatic rings. The number of hydroxylamine groups is 1. The first-order valence-corrected chi connectivity index (χ1v) is 4.71. The van der Waals surface area contributed by atoms with E-state index in [0.717, 1.165) is 19.3 Å². The molecule has 12 heavy (non-hydrogen) atoms. The highest BCUT2D eigenvalue weighted by Gasteiger charge is 2.01. The van der Waals surface area contributed by atoms with E-state index in [4.69, 9.17) is 0 Å². The number of hydrogen-bond acceptors (Lipinski definition) is 3. The van der Waals surface area contributed by atoms with Crippen molar-refractivity contribution in [2.75, 3.05) is 0 Å². The maximum Gasteiger partial charge on any atom is 0.332 e. The van der Waals surface area contributed by atoms with Crippen LogP contribution in [0.3, 0.4) is 0 Å². The third-order valence-electron chi connectivity index (χ3n) is 1.24. The molecular formula is C7H13NO2S2. The zero-order valence-electron chi connectivity index (χ0n) is 7.00. The lowest BCUT2D eigenvalue weighted by molar-refractivity contribution is -0.147. The van der Waals surface area contributed by atoms with Crippen LogP contribution in [-0.4, -0.2) is 10.3 Å². The quantitative estimate of drug-likeness (QED) is 0.319. The number of hydrogen-bond donors (Lipinski definition) is 2. The summed E-state index contributed by atoms with van der Waals surface area (Å²) in [7, 11) is 0. The molecule has 0 aromatic rings. The van der Waals surface area contributed by atoms with Gasteiger partial charge in [-0.25, -0.2) is 10.3 Å². The molecule has 70 valence electrons. The summed E-state index contributed by atoms with van der Waals surface area (Å²) in [5, 5.41) is 0. The Bertz CT molecular complexity index is 161. The van der Waals surface area contributed by atoms with Crippen molar-refractivity contribution in [3.8, 4) is 0 Å². The summed E-state index contributed by atoms with van der Waals surface area (Å²) in [6.45, 7) is 2.08. The molecule has 1 N–H and O–H groups in total. The van der Waals surface area contributed by atoms with Crippen molar-refractivity contribution in [1.82, 2.24) is 5.48 Å². The second kappa shape index (κ2) is 7.36. The van der Waals surface area contributed by atoms with Crippen LogP contribution in [0.25, 0.3) is 0 Å². The van der Waals surface area contributed by atoms with Gasteiger partial charge in [-0.3, -0.25) is 0 Å². The topological polar surface area (TPSA) is 38.3 Å². The van der Waals surface area contributed by atoms with Gasteiger partial charge in [-0.2, -0.15) is 0 Å². The largest absolute Gasteiger partial charge is 0.342 e. The molecule has 3 nitrogen and oxygen atoms in total. The number of thiocarbonyl (C=S) groups is 1. The van der Waals surface area contributed by atoms with E-state index in [1.54, 1.807) is 0 Å². The van der Waals surface area contributed by atoms with Crippen LogP contribution >= 0.6 is 24.8 Å². The second-order valence-electron chi connectivity index (χ2n) is 2.34. The summed E-state index contributed by atoms with van der Waals surface area (Å²) in [5.74, 6) is -0.292. The molecule has 0 amide bonds. The van der Waals surface area contributed by atoms with E-state index in [1.165, 1.54) is 0 Å². The van der Waals surface area contributed by atoms with Gasteiger partial charge in [-0.15, -0.1) is 12.6 Å². The molecule has 0 aromatic heterocycles. The second-order valence-corrected chi connectivity index (χ2v) is 3.50. The Morgan fingerprint density at radius 2 is 2.25 bits per heavy atom. The van der Waals surface area contributed by atoms with Gasteiger partial charge in [0.05, 0.1) is 0 Å². The third-order valence-corrected chi connectivity index (χ3v) is 1.41. The molecule has 0 aliphatic carbocycles. The van der Waals surface area contributed by atoms with Crippen molar-refractivity contribution in [2.24, 2.45) is 0 Å². The minimum absolute atomic E-state index is 0.166. The maximum absolute atomic E-state index is 10.8. The molecule has 5 heteroatoms. The number of rotatable bonds is 4. The fourth-order valence-corrected chi connectivity index (χ4v) is 0.758. The average molecular weight is 207 g/mol. The number of unbranched alkanes of at least 4 members (excludes halogenated alkanes) is 2. The highest BCUT2D eigenvalue weighted by atomic mass is 32.1. The highest BCUT2D eigenvalue weighted by molar-refractivity contribution is 8.11. The van der Waals surface area contributed by atoms with Crippen molar-refractivity contribution in [2.45, 2.75) is 32.6 Å². The number of carbonyl (C=O) groups excluding carboxylic acids is 1. The van der Waals surface area contributed by atoms with Gasteiger partial charge in [0.15, 0.2) is 4.32 Å². The molecule has 0 saturated heterocycles. The molecule has 0 bridgehead atoms. The standard InChI is InChI=1S/C7H13NO2S2/c1-2-3-4-5-6(9)10-8-7(11)12/h2-5H2,1H3,(H2,8,11,12). The minimum atomic E-state index is -0.292. The summed E-state index contributed by atoms with van der Waals surface area (Å²) in [5.41, 5.74) is 2.22. The first-order chi connectivity index (χ1) is 5.66. The van der Waals surface area contributed by atoms with E-state index < -0.39 is 0 Å². The van der Waals surface area contributed by atoms with Gasteiger partial charge in [-0.05, 0) is 18.6 Å². The lowest BCUT2D eigenvalue weighted by atomic mass is 10.2. The van der Waals surface area contributed by atoms with Gasteiger partial charge < -0.3 is 4.84 Å². The van der Waals surface area contributed by atoms with Gasteiger partial charge in [0.1, 0.15) is 0 Å². The van der Waals surface area contributed by atoms with Gasteiger partial charge in [0.25, 0.3) is 0 Å². The Balaban J connectivity index is 3.28. The maximum atomic E-state index is 10.8. The summed E-state index contributed by atoms with van der Waals surface area (Å²) in [6.07, 6.45) is 3.42. The first-order valence-electron chi connectivity index (χ1n) is 3.85. The molecule has 0 rings (SSSR count). The lowest BCUT2D eigenvalue weighted by Crippen LogP contribution is -2.21. The average Bonchev–Trinajstić information content (AvgIpc) is 2.01. The van der Waals surface area contributed by atoms with Crippen LogP contribution in [0.15, 0.2) is 0 Å². The predicted octanol–water partition coefficient (Wildman–Crippen LogP) is 1.83. The molecule has 0 aliphatic heterocycles. The Hall–Kier alpha value is -0.290. The van der Waals surface area contributed by atoms with Crippen molar-refractivity contribution < 1.29 is 9.63 Å². The summed E-state index contributed by atoms with van der Waals surface area (Å²) < 4.78 is 0.166. The lowest BCUT2D eigenvalue weighted by Gasteiger charge is -2.02. The van der Waals surface area contributed by atoms with Crippen LogP contribution < -0.4 is 5.48 Å². The number of nitrogens with one attached hydrogen (secondary N) is 1. The third kappa shape index (κ3) is 7.81.